The van der Waals surface area contributed by atoms with Gasteiger partial charge < -0.3 is 15.8 Å². The van der Waals surface area contributed by atoms with Gasteiger partial charge in [-0.05, 0) is 48.9 Å². The van der Waals surface area contributed by atoms with Crippen molar-refractivity contribution < 1.29 is 4.74 Å². The number of aliphatic imine (C=N–C) groups is 1. The van der Waals surface area contributed by atoms with E-state index in [1.807, 2.05) is 55.5 Å². The van der Waals surface area contributed by atoms with Crippen LogP contribution in [0.4, 0.5) is 5.69 Å². The zero-order valence-electron chi connectivity index (χ0n) is 14.6. The van der Waals surface area contributed by atoms with Crippen LogP contribution >= 0.6 is 24.0 Å². The first kappa shape index (κ1) is 19.7. The molecule has 0 amide bonds. The molecule has 0 spiro atoms. The lowest BCUT2D eigenvalue weighted by Gasteiger charge is -2.05. The number of nitrogens with one attached hydrogen (secondary N) is 2. The largest absolute Gasteiger partial charge is 0.497 e. The van der Waals surface area contributed by atoms with E-state index in [0.717, 1.165) is 22.6 Å². The summed E-state index contributed by atoms with van der Waals surface area (Å²) < 4.78 is 5.14. The van der Waals surface area contributed by atoms with Gasteiger partial charge in [-0.2, -0.15) is 5.10 Å². The number of aromatic amines is 1. The lowest BCUT2D eigenvalue weighted by atomic mass is 10.2. The third-order valence-electron chi connectivity index (χ3n) is 3.57. The summed E-state index contributed by atoms with van der Waals surface area (Å²) in [6.07, 6.45) is 0. The van der Waals surface area contributed by atoms with Crippen molar-refractivity contribution in [2.45, 2.75) is 13.5 Å². The molecule has 0 saturated carbocycles. The Hall–Kier alpha value is -2.62. The summed E-state index contributed by atoms with van der Waals surface area (Å²) in [6, 6.07) is 15.5. The first-order valence-electron chi connectivity index (χ1n) is 7.83. The van der Waals surface area contributed by atoms with E-state index in [-0.39, 0.29) is 24.0 Å². The number of guanidine groups is 1. The molecular weight excluding hydrogens is 443 g/mol. The predicted molar refractivity (Wildman–Crippen MR) is 114 cm³/mol. The predicted octanol–water partition coefficient (Wildman–Crippen LogP) is 3.33. The van der Waals surface area contributed by atoms with Crippen LogP contribution in [0.3, 0.4) is 0 Å². The number of methoxy groups -OCH3 is 1. The average Bonchev–Trinajstić information content (AvgIpc) is 3.09. The molecule has 136 valence electrons. The van der Waals surface area contributed by atoms with Gasteiger partial charge in [-0.1, -0.05) is 12.1 Å². The molecule has 3 aromatic rings. The highest BCUT2D eigenvalue weighted by Crippen LogP contribution is 2.19. The van der Waals surface area contributed by atoms with Crippen molar-refractivity contribution in [2.24, 2.45) is 10.7 Å². The fourth-order valence-electron chi connectivity index (χ4n) is 2.31. The van der Waals surface area contributed by atoms with Crippen molar-refractivity contribution in [1.29, 1.82) is 0 Å². The second kappa shape index (κ2) is 9.18. The fourth-order valence-corrected chi connectivity index (χ4v) is 2.31. The lowest BCUT2D eigenvalue weighted by molar-refractivity contribution is 0.415. The number of halogens is 1. The van der Waals surface area contributed by atoms with E-state index in [4.69, 9.17) is 10.5 Å². The summed E-state index contributed by atoms with van der Waals surface area (Å²) in [4.78, 5) is 8.71. The first-order valence-corrected chi connectivity index (χ1v) is 7.83. The molecule has 0 saturated heterocycles. The van der Waals surface area contributed by atoms with E-state index in [0.29, 0.717) is 24.2 Å². The van der Waals surface area contributed by atoms with Crippen LogP contribution in [0.25, 0.3) is 11.4 Å². The van der Waals surface area contributed by atoms with E-state index >= 15 is 0 Å². The van der Waals surface area contributed by atoms with Crippen LogP contribution in [0.15, 0.2) is 53.5 Å². The van der Waals surface area contributed by atoms with Gasteiger partial charge in [0.15, 0.2) is 11.8 Å². The molecule has 0 aliphatic heterocycles. The van der Waals surface area contributed by atoms with Gasteiger partial charge in [0.2, 0.25) is 0 Å². The minimum atomic E-state index is 0. The normalized spacial score (nSPS) is 10.9. The maximum absolute atomic E-state index is 5.92. The average molecular weight is 464 g/mol. The number of hydrogen-bond donors (Lipinski definition) is 3. The standard InChI is InChI=1S/C18H20N6O.HI/c1-12-4-3-5-14(10-12)21-18(19)20-11-16-22-17(24-23-16)13-6-8-15(25-2)9-7-13;/h3-10H,11H2,1-2H3,(H3,19,20,21)(H,22,23,24);1H. The van der Waals surface area contributed by atoms with Gasteiger partial charge in [0.25, 0.3) is 0 Å². The molecule has 7 nitrogen and oxygen atoms in total. The highest BCUT2D eigenvalue weighted by atomic mass is 127. The molecule has 0 aliphatic carbocycles. The number of nitrogens with two attached hydrogens (primary N) is 1. The van der Waals surface area contributed by atoms with Crippen LogP contribution in [0.5, 0.6) is 5.75 Å². The van der Waals surface area contributed by atoms with Gasteiger partial charge in [-0.15, -0.1) is 24.0 Å². The molecule has 0 fully saturated rings. The van der Waals surface area contributed by atoms with E-state index < -0.39 is 0 Å². The SMILES string of the molecule is COc1ccc(-c2n[nH]c(CN=C(N)Nc3cccc(C)c3)n2)cc1.I. The van der Waals surface area contributed by atoms with Gasteiger partial charge in [-0.25, -0.2) is 9.98 Å². The van der Waals surface area contributed by atoms with E-state index in [1.165, 1.54) is 0 Å². The quantitative estimate of drug-likeness (QED) is 0.306. The molecule has 4 N–H and O–H groups in total. The van der Waals surface area contributed by atoms with Gasteiger partial charge in [-0.3, -0.25) is 5.10 Å². The highest BCUT2D eigenvalue weighted by Gasteiger charge is 2.06. The van der Waals surface area contributed by atoms with Gasteiger partial charge in [0.05, 0.1) is 7.11 Å². The summed E-state index contributed by atoms with van der Waals surface area (Å²) in [7, 11) is 1.63. The second-order valence-corrected chi connectivity index (χ2v) is 5.53. The molecule has 26 heavy (non-hydrogen) atoms. The van der Waals surface area contributed by atoms with Crippen LogP contribution < -0.4 is 15.8 Å². The number of benzene rings is 2. The van der Waals surface area contributed by atoms with Gasteiger partial charge in [0, 0.05) is 11.3 Å². The number of hydrogen-bond acceptors (Lipinski definition) is 4. The zero-order chi connectivity index (χ0) is 17.6. The van der Waals surface area contributed by atoms with Crippen molar-refractivity contribution in [2.75, 3.05) is 12.4 Å². The number of ether oxygens (including phenoxy) is 1. The topological polar surface area (TPSA) is 101 Å². The summed E-state index contributed by atoms with van der Waals surface area (Å²) in [5.41, 5.74) is 8.87. The second-order valence-electron chi connectivity index (χ2n) is 5.53. The van der Waals surface area contributed by atoms with Crippen molar-refractivity contribution >= 4 is 35.6 Å². The number of aryl methyl sites for hydroxylation is 1. The number of anilines is 1. The Morgan fingerprint density at radius 1 is 1.23 bits per heavy atom. The minimum Gasteiger partial charge on any atom is -0.497 e. The summed E-state index contributed by atoms with van der Waals surface area (Å²) in [6.45, 7) is 2.33. The number of nitrogens with zero attached hydrogens (tertiary/aromatic N) is 3. The molecule has 0 aliphatic rings. The number of rotatable bonds is 5. The van der Waals surface area contributed by atoms with Crippen LogP contribution in [-0.4, -0.2) is 28.3 Å². The van der Waals surface area contributed by atoms with E-state index in [1.54, 1.807) is 7.11 Å². The van der Waals surface area contributed by atoms with Crippen LogP contribution in [0.2, 0.25) is 0 Å². The van der Waals surface area contributed by atoms with Crippen LogP contribution in [-0.2, 0) is 6.54 Å². The smallest absolute Gasteiger partial charge is 0.193 e. The monoisotopic (exact) mass is 464 g/mol. The minimum absolute atomic E-state index is 0. The zero-order valence-corrected chi connectivity index (χ0v) is 16.9. The van der Waals surface area contributed by atoms with Gasteiger partial charge in [0.1, 0.15) is 18.1 Å². The molecule has 3 rings (SSSR count). The summed E-state index contributed by atoms with van der Waals surface area (Å²) >= 11 is 0. The molecule has 1 aromatic heterocycles. The maximum atomic E-state index is 5.92. The van der Waals surface area contributed by atoms with E-state index in [9.17, 15) is 0 Å². The fraction of sp³-hybridized carbons (Fsp3) is 0.167. The van der Waals surface area contributed by atoms with Crippen molar-refractivity contribution in [3.8, 4) is 17.1 Å². The Labute approximate surface area is 169 Å². The molecule has 8 heteroatoms. The Morgan fingerprint density at radius 2 is 2.00 bits per heavy atom. The maximum Gasteiger partial charge on any atom is 0.193 e. The Kier molecular flexibility index (Phi) is 6.96. The van der Waals surface area contributed by atoms with Crippen molar-refractivity contribution in [3.05, 3.63) is 59.9 Å². The third-order valence-corrected chi connectivity index (χ3v) is 3.57. The van der Waals surface area contributed by atoms with Crippen LogP contribution in [0, 0.1) is 6.92 Å². The molecule has 0 bridgehead atoms. The number of H-pyrrole nitrogens is 1. The summed E-state index contributed by atoms with van der Waals surface area (Å²) in [5, 5.41) is 10.1. The van der Waals surface area contributed by atoms with Crippen LogP contribution in [0.1, 0.15) is 11.4 Å². The number of aromatic nitrogens is 3. The Bertz CT molecular complexity index is 875. The summed E-state index contributed by atoms with van der Waals surface area (Å²) in [5.74, 6) is 2.37. The van der Waals surface area contributed by atoms with Crippen molar-refractivity contribution in [3.63, 3.8) is 0 Å². The highest BCUT2D eigenvalue weighted by molar-refractivity contribution is 14.0. The molecule has 0 atom stereocenters. The molecule has 1 heterocycles. The van der Waals surface area contributed by atoms with E-state index in [2.05, 4.69) is 25.5 Å². The molecule has 0 radical (unpaired) electrons. The third kappa shape index (κ3) is 5.19. The molecular formula is C18H21IN6O. The van der Waals surface area contributed by atoms with Gasteiger partial charge >= 0.3 is 0 Å². The lowest BCUT2D eigenvalue weighted by Crippen LogP contribution is -2.22. The first-order chi connectivity index (χ1) is 12.1. The molecule has 2 aromatic carbocycles. The van der Waals surface area contributed by atoms with Crippen molar-refractivity contribution in [1.82, 2.24) is 15.2 Å². The molecule has 0 unspecified atom stereocenters. The Morgan fingerprint density at radius 3 is 2.69 bits per heavy atom. The Balaban J connectivity index is 0.00000243.